The molecule has 68 valence electrons. The van der Waals surface area contributed by atoms with E-state index >= 15 is 0 Å². The van der Waals surface area contributed by atoms with Gasteiger partial charge < -0.3 is 0 Å². The van der Waals surface area contributed by atoms with E-state index in [0.29, 0.717) is 5.56 Å². The van der Waals surface area contributed by atoms with Crippen LogP contribution in [0, 0.1) is 10.1 Å². The maximum atomic E-state index is 10.5. The summed E-state index contributed by atoms with van der Waals surface area (Å²) in [6.45, 7) is 0. The molecule has 0 saturated heterocycles. The van der Waals surface area contributed by atoms with Crippen molar-refractivity contribution in [2.24, 2.45) is 4.40 Å². The zero-order valence-corrected chi connectivity index (χ0v) is 9.36. The Morgan fingerprint density at radius 1 is 1.54 bits per heavy atom. The van der Waals surface area contributed by atoms with E-state index in [1.807, 2.05) is 21.2 Å². The maximum Gasteiger partial charge on any atom is 0.278 e. The molecule has 0 aliphatic rings. The number of nitrogens with zero attached hydrogens (tertiary/aromatic N) is 2. The summed E-state index contributed by atoms with van der Waals surface area (Å²) in [6.07, 6.45) is 1.48. The lowest BCUT2D eigenvalue weighted by Crippen LogP contribution is -1.93. The highest BCUT2D eigenvalue weighted by molar-refractivity contribution is 14.2. The van der Waals surface area contributed by atoms with Gasteiger partial charge in [0.1, 0.15) is 0 Å². The van der Waals surface area contributed by atoms with Crippen molar-refractivity contribution >= 4 is 42.2 Å². The van der Waals surface area contributed by atoms with E-state index in [-0.39, 0.29) is 5.69 Å². The number of hydrogen-bond acceptors (Lipinski definition) is 4. The lowest BCUT2D eigenvalue weighted by Gasteiger charge is -1.94. The van der Waals surface area contributed by atoms with Gasteiger partial charge >= 0.3 is 0 Å². The van der Waals surface area contributed by atoms with E-state index in [4.69, 9.17) is 0 Å². The van der Waals surface area contributed by atoms with Crippen molar-refractivity contribution in [1.29, 1.82) is 0 Å². The number of hydrogen-bond donors (Lipinski definition) is 0. The molecule has 0 aliphatic heterocycles. The summed E-state index contributed by atoms with van der Waals surface area (Å²) < 4.78 is 3.86. The molecule has 0 unspecified atom stereocenters. The largest absolute Gasteiger partial charge is 0.278 e. The van der Waals surface area contributed by atoms with E-state index in [0.717, 1.165) is 0 Å². The molecule has 4 nitrogen and oxygen atoms in total. The fourth-order valence-electron chi connectivity index (χ4n) is 0.840. The highest BCUT2D eigenvalue weighted by Crippen LogP contribution is 2.17. The third kappa shape index (κ3) is 2.96. The predicted molar refractivity (Wildman–Crippen MR) is 62.3 cm³/mol. The van der Waals surface area contributed by atoms with Crippen molar-refractivity contribution in [2.75, 3.05) is 0 Å². The third-order valence-corrected chi connectivity index (χ3v) is 2.23. The second-order valence-electron chi connectivity index (χ2n) is 2.12. The van der Waals surface area contributed by atoms with Crippen LogP contribution in [0.25, 0.3) is 0 Å². The van der Waals surface area contributed by atoms with Crippen molar-refractivity contribution in [3.8, 4) is 0 Å². The first-order valence-corrected chi connectivity index (χ1v) is 6.62. The van der Waals surface area contributed by atoms with Gasteiger partial charge in [-0.15, -0.1) is 0 Å². The van der Waals surface area contributed by atoms with E-state index in [9.17, 15) is 10.1 Å². The van der Waals surface area contributed by atoms with E-state index < -0.39 is 4.92 Å². The highest BCUT2D eigenvalue weighted by atomic mass is 127. The first kappa shape index (κ1) is 10.5. The summed E-state index contributed by atoms with van der Waals surface area (Å²) in [6, 6.07) is 6.49. The maximum absolute atomic E-state index is 10.5. The minimum absolute atomic E-state index is 0.0803. The number of nitro benzene ring substituents is 1. The van der Waals surface area contributed by atoms with Gasteiger partial charge in [-0.1, -0.05) is 12.1 Å². The molecule has 0 amide bonds. The van der Waals surface area contributed by atoms with Crippen molar-refractivity contribution in [2.45, 2.75) is 0 Å². The van der Waals surface area contributed by atoms with Crippen molar-refractivity contribution < 1.29 is 4.92 Å². The van der Waals surface area contributed by atoms with Crippen LogP contribution in [0.15, 0.2) is 28.7 Å². The third-order valence-electron chi connectivity index (χ3n) is 1.37. The van der Waals surface area contributed by atoms with Crippen LogP contribution in [0.2, 0.25) is 0 Å². The van der Waals surface area contributed by atoms with Gasteiger partial charge in [-0.2, -0.15) is 0 Å². The van der Waals surface area contributed by atoms with Crippen LogP contribution in [0.5, 0.6) is 0 Å². The van der Waals surface area contributed by atoms with Crippen LogP contribution in [0.3, 0.4) is 0 Å². The van der Waals surface area contributed by atoms with Gasteiger partial charge in [-0.05, 0) is 6.07 Å². The first-order chi connectivity index (χ1) is 6.25. The normalized spacial score (nSPS) is 10.5. The number of para-hydroxylation sites is 1. The van der Waals surface area contributed by atoms with Gasteiger partial charge in [0, 0.05) is 36.4 Å². The second kappa shape index (κ2) is 5.18. The molecule has 0 fully saturated rings. The molecule has 0 saturated carbocycles. The highest BCUT2D eigenvalue weighted by Gasteiger charge is 2.09. The van der Waals surface area contributed by atoms with Gasteiger partial charge in [-0.25, -0.2) is 4.40 Å². The summed E-state index contributed by atoms with van der Waals surface area (Å²) in [7, 11) is 1.23. The molecule has 1 rings (SSSR count). The molecule has 0 aliphatic carbocycles. The Labute approximate surface area is 91.3 Å². The molecule has 0 radical (unpaired) electrons. The van der Waals surface area contributed by atoms with Crippen LogP contribution in [-0.4, -0.2) is 11.1 Å². The minimum Gasteiger partial charge on any atom is -0.258 e. The molecule has 0 aromatic heterocycles. The summed E-state index contributed by atoms with van der Waals surface area (Å²) >= 11 is 1.99. The zero-order valence-electron chi connectivity index (χ0n) is 6.38. The summed E-state index contributed by atoms with van der Waals surface area (Å²) in [4.78, 5) is 10.1. The Morgan fingerprint density at radius 2 is 2.23 bits per heavy atom. The van der Waals surface area contributed by atoms with Crippen LogP contribution in [0.1, 0.15) is 5.56 Å². The fourth-order valence-corrected chi connectivity index (χ4v) is 1.33. The first-order valence-electron chi connectivity index (χ1n) is 3.30. The predicted octanol–water partition coefficient (Wildman–Crippen LogP) is 3.01. The molecule has 1 aromatic rings. The van der Waals surface area contributed by atoms with Gasteiger partial charge in [-0.3, -0.25) is 10.1 Å². The van der Waals surface area contributed by atoms with E-state index in [1.165, 1.54) is 21.4 Å². The summed E-state index contributed by atoms with van der Waals surface area (Å²) in [5, 5.41) is 10.5. The smallest absolute Gasteiger partial charge is 0.258 e. The van der Waals surface area contributed by atoms with Crippen LogP contribution in [-0.2, 0) is 0 Å². The standard InChI is InChI=1S/C7H5IN2O2S/c8-13-9-5-6-3-1-2-4-7(6)10(11)12/h1-5H/b9-5+. The average molecular weight is 308 g/mol. The number of nitro groups is 1. The number of rotatable bonds is 3. The Hall–Kier alpha value is -0.630. The number of halogens is 1. The van der Waals surface area contributed by atoms with Crippen molar-refractivity contribution in [3.63, 3.8) is 0 Å². The molecule has 0 bridgehead atoms. The fraction of sp³-hybridized carbons (Fsp3) is 0. The SMILES string of the molecule is O=[N+]([O-])c1ccccc1/C=N/SI. The van der Waals surface area contributed by atoms with Gasteiger partial charge in [0.25, 0.3) is 5.69 Å². The molecule has 13 heavy (non-hydrogen) atoms. The Kier molecular flexibility index (Phi) is 4.16. The zero-order chi connectivity index (χ0) is 9.68. The van der Waals surface area contributed by atoms with Crippen molar-refractivity contribution in [3.05, 3.63) is 39.9 Å². The van der Waals surface area contributed by atoms with Gasteiger partial charge in [0.05, 0.1) is 16.7 Å². The lowest BCUT2D eigenvalue weighted by atomic mass is 10.2. The average Bonchev–Trinajstić information content (AvgIpc) is 2.15. The number of benzene rings is 1. The molecule has 0 atom stereocenters. The Bertz CT molecular complexity index is 343. The quantitative estimate of drug-likeness (QED) is 0.283. The Morgan fingerprint density at radius 3 is 2.85 bits per heavy atom. The van der Waals surface area contributed by atoms with Gasteiger partial charge in [0.2, 0.25) is 0 Å². The topological polar surface area (TPSA) is 55.5 Å². The molecular formula is C7H5IN2O2S. The summed E-state index contributed by atoms with van der Waals surface area (Å²) in [5.41, 5.74) is 0.605. The van der Waals surface area contributed by atoms with Crippen LogP contribution < -0.4 is 0 Å². The lowest BCUT2D eigenvalue weighted by molar-refractivity contribution is -0.385. The van der Waals surface area contributed by atoms with Crippen molar-refractivity contribution in [1.82, 2.24) is 0 Å². The van der Waals surface area contributed by atoms with Crippen LogP contribution in [0.4, 0.5) is 5.69 Å². The molecule has 0 heterocycles. The molecule has 1 aromatic carbocycles. The molecule has 0 N–H and O–H groups in total. The summed E-state index contributed by atoms with van der Waals surface area (Å²) in [5.74, 6) is 0. The van der Waals surface area contributed by atoms with E-state index in [2.05, 4.69) is 4.40 Å². The van der Waals surface area contributed by atoms with E-state index in [1.54, 1.807) is 18.2 Å². The second-order valence-corrected chi connectivity index (χ2v) is 3.65. The molecular weight excluding hydrogens is 303 g/mol. The molecule has 0 spiro atoms. The molecule has 6 heteroatoms. The monoisotopic (exact) mass is 308 g/mol. The Balaban J connectivity index is 3.05. The van der Waals surface area contributed by atoms with Gasteiger partial charge in [0.15, 0.2) is 0 Å². The van der Waals surface area contributed by atoms with Crippen LogP contribution >= 0.6 is 30.3 Å². The minimum atomic E-state index is -0.417.